The molecule has 0 saturated heterocycles. The summed E-state index contributed by atoms with van der Waals surface area (Å²) < 4.78 is 0. The summed E-state index contributed by atoms with van der Waals surface area (Å²) in [5.41, 5.74) is 18.2. The Kier molecular flexibility index (Phi) is 9.40. The van der Waals surface area contributed by atoms with Crippen LogP contribution in [-0.2, 0) is 0 Å². The first-order chi connectivity index (χ1) is 26.2. The Balaban J connectivity index is 1.33. The number of aryl methyl sites for hydroxylation is 6. The number of anilines is 3. The highest BCUT2D eigenvalue weighted by Crippen LogP contribution is 2.44. The highest BCUT2D eigenvalue weighted by Gasteiger charge is 2.26. The number of fused-ring (bicyclic) bond motifs is 1. The fraction of sp³-hybridized carbons (Fsp3) is 0.137. The van der Waals surface area contributed by atoms with Crippen LogP contribution >= 0.6 is 0 Å². The van der Waals surface area contributed by atoms with Gasteiger partial charge in [0.2, 0.25) is 5.95 Å². The standard InChI is InChI=1S/C51H45N3/c1-33-25-35(3)48(36(4)26-33)50(49-37(5)27-34(2)28-38(49)6)41-21-23-45(24-22-41)54(51-52-31-44(32-53-51)39-15-9-7-10-16-39)47-30-43-20-14-13-19-42(43)29-46(47)40-17-11-8-12-18-40/h7-32,50H,1-6H3. The van der Waals surface area contributed by atoms with E-state index in [-0.39, 0.29) is 5.92 Å². The quantitative estimate of drug-likeness (QED) is 0.148. The van der Waals surface area contributed by atoms with Crippen LogP contribution in [0.4, 0.5) is 17.3 Å². The Bertz CT molecular complexity index is 2490. The summed E-state index contributed by atoms with van der Waals surface area (Å²) in [6.07, 6.45) is 3.87. The van der Waals surface area contributed by atoms with E-state index in [0.717, 1.165) is 39.0 Å². The van der Waals surface area contributed by atoms with Gasteiger partial charge in [0.05, 0.1) is 5.69 Å². The van der Waals surface area contributed by atoms with Crippen LogP contribution in [0.25, 0.3) is 33.0 Å². The molecule has 3 heteroatoms. The van der Waals surface area contributed by atoms with Crippen LogP contribution in [0, 0.1) is 41.5 Å². The Morgan fingerprint density at radius 1 is 0.444 bits per heavy atom. The third kappa shape index (κ3) is 6.70. The van der Waals surface area contributed by atoms with Gasteiger partial charge >= 0.3 is 0 Å². The Morgan fingerprint density at radius 3 is 1.43 bits per heavy atom. The molecule has 0 radical (unpaired) electrons. The lowest BCUT2D eigenvalue weighted by molar-refractivity contribution is 0.919. The normalized spacial score (nSPS) is 11.3. The topological polar surface area (TPSA) is 29.0 Å². The van der Waals surface area contributed by atoms with E-state index < -0.39 is 0 Å². The van der Waals surface area contributed by atoms with Crippen molar-refractivity contribution in [2.75, 3.05) is 4.90 Å². The summed E-state index contributed by atoms with van der Waals surface area (Å²) in [4.78, 5) is 12.3. The second-order valence-corrected chi connectivity index (χ2v) is 14.7. The number of nitrogens with zero attached hydrogens (tertiary/aromatic N) is 3. The summed E-state index contributed by atoms with van der Waals surface area (Å²) >= 11 is 0. The largest absolute Gasteiger partial charge is 0.279 e. The lowest BCUT2D eigenvalue weighted by Crippen LogP contribution is -2.15. The highest BCUT2D eigenvalue weighted by molar-refractivity contribution is 5.97. The fourth-order valence-corrected chi connectivity index (χ4v) is 8.43. The summed E-state index contributed by atoms with van der Waals surface area (Å²) in [6, 6.07) is 52.5. The fourth-order valence-electron chi connectivity index (χ4n) is 8.43. The predicted octanol–water partition coefficient (Wildman–Crippen LogP) is 13.5. The van der Waals surface area contributed by atoms with Crippen LogP contribution in [-0.4, -0.2) is 9.97 Å². The number of hydrogen-bond donors (Lipinski definition) is 0. The van der Waals surface area contributed by atoms with Gasteiger partial charge in [-0.25, -0.2) is 9.97 Å². The minimum Gasteiger partial charge on any atom is -0.279 e. The zero-order valence-corrected chi connectivity index (χ0v) is 31.9. The second kappa shape index (κ2) is 14.6. The average Bonchev–Trinajstić information content (AvgIpc) is 3.18. The van der Waals surface area contributed by atoms with E-state index in [1.165, 1.54) is 55.5 Å². The van der Waals surface area contributed by atoms with Gasteiger partial charge in [-0.15, -0.1) is 0 Å². The van der Waals surface area contributed by atoms with Gasteiger partial charge in [0.25, 0.3) is 0 Å². The monoisotopic (exact) mass is 699 g/mol. The van der Waals surface area contributed by atoms with Crippen molar-refractivity contribution >= 4 is 28.1 Å². The van der Waals surface area contributed by atoms with Crippen molar-refractivity contribution in [1.82, 2.24) is 9.97 Å². The van der Waals surface area contributed by atoms with Crippen LogP contribution in [0.3, 0.4) is 0 Å². The van der Waals surface area contributed by atoms with Crippen molar-refractivity contribution in [3.8, 4) is 22.3 Å². The van der Waals surface area contributed by atoms with Gasteiger partial charge in [-0.05, 0) is 127 Å². The van der Waals surface area contributed by atoms with Crippen molar-refractivity contribution in [2.24, 2.45) is 0 Å². The molecule has 0 atom stereocenters. The molecule has 1 heterocycles. The number of aromatic nitrogens is 2. The molecular formula is C51H45N3. The SMILES string of the molecule is Cc1cc(C)c(C(c2ccc(N(c3ncc(-c4ccccc4)cn3)c3cc4ccccc4cc3-c3ccccc3)cc2)c2c(C)cc(C)cc2C)c(C)c1. The minimum atomic E-state index is 0.0793. The zero-order chi connectivity index (χ0) is 37.3. The van der Waals surface area contributed by atoms with Crippen molar-refractivity contribution in [2.45, 2.75) is 47.5 Å². The lowest BCUT2D eigenvalue weighted by Gasteiger charge is -2.29. The summed E-state index contributed by atoms with van der Waals surface area (Å²) in [5, 5.41) is 2.34. The molecule has 1 aromatic heterocycles. The van der Waals surface area contributed by atoms with Crippen LogP contribution in [0.5, 0.6) is 0 Å². The first-order valence-corrected chi connectivity index (χ1v) is 18.8. The molecule has 0 amide bonds. The van der Waals surface area contributed by atoms with Crippen LogP contribution in [0.2, 0.25) is 0 Å². The first kappa shape index (κ1) is 34.7. The maximum atomic E-state index is 5.05. The third-order valence-corrected chi connectivity index (χ3v) is 10.7. The molecule has 0 aliphatic heterocycles. The molecule has 8 rings (SSSR count). The highest BCUT2D eigenvalue weighted by atomic mass is 15.3. The van der Waals surface area contributed by atoms with Crippen LogP contribution in [0.1, 0.15) is 56.0 Å². The smallest absolute Gasteiger partial charge is 0.234 e. The summed E-state index contributed by atoms with van der Waals surface area (Å²) in [6.45, 7) is 13.4. The van der Waals surface area contributed by atoms with E-state index in [2.05, 4.69) is 174 Å². The summed E-state index contributed by atoms with van der Waals surface area (Å²) in [7, 11) is 0. The number of rotatable bonds is 8. The maximum absolute atomic E-state index is 5.05. The van der Waals surface area contributed by atoms with E-state index >= 15 is 0 Å². The van der Waals surface area contributed by atoms with Crippen molar-refractivity contribution in [3.63, 3.8) is 0 Å². The average molecular weight is 700 g/mol. The molecule has 0 bridgehead atoms. The molecule has 0 spiro atoms. The Hall–Kier alpha value is -6.32. The van der Waals surface area contributed by atoms with Gasteiger partial charge in [0, 0.05) is 35.1 Å². The second-order valence-electron chi connectivity index (χ2n) is 14.7. The zero-order valence-electron chi connectivity index (χ0n) is 31.9. The summed E-state index contributed by atoms with van der Waals surface area (Å²) in [5.74, 6) is 0.692. The molecular weight excluding hydrogens is 655 g/mol. The molecule has 3 nitrogen and oxygen atoms in total. The van der Waals surface area contributed by atoms with Gasteiger partial charge < -0.3 is 0 Å². The molecule has 264 valence electrons. The molecule has 7 aromatic carbocycles. The molecule has 8 aromatic rings. The van der Waals surface area contributed by atoms with Crippen molar-refractivity contribution in [1.29, 1.82) is 0 Å². The van der Waals surface area contributed by atoms with E-state index in [1.807, 2.05) is 30.6 Å². The van der Waals surface area contributed by atoms with Gasteiger partial charge in [0.1, 0.15) is 0 Å². The Morgan fingerprint density at radius 2 is 0.907 bits per heavy atom. The molecule has 54 heavy (non-hydrogen) atoms. The molecule has 0 unspecified atom stereocenters. The van der Waals surface area contributed by atoms with E-state index in [9.17, 15) is 0 Å². The molecule has 0 saturated carbocycles. The van der Waals surface area contributed by atoms with Crippen LogP contribution in [0.15, 0.2) is 158 Å². The molecule has 0 aliphatic rings. The first-order valence-electron chi connectivity index (χ1n) is 18.8. The maximum Gasteiger partial charge on any atom is 0.234 e. The molecule has 0 fully saturated rings. The van der Waals surface area contributed by atoms with E-state index in [4.69, 9.17) is 9.97 Å². The number of benzene rings is 7. The molecule has 0 N–H and O–H groups in total. The number of hydrogen-bond acceptors (Lipinski definition) is 3. The van der Waals surface area contributed by atoms with Gasteiger partial charge in [-0.2, -0.15) is 0 Å². The minimum absolute atomic E-state index is 0.0793. The third-order valence-electron chi connectivity index (χ3n) is 10.7. The van der Waals surface area contributed by atoms with Gasteiger partial charge in [0.15, 0.2) is 0 Å². The van der Waals surface area contributed by atoms with Crippen LogP contribution < -0.4 is 4.90 Å². The van der Waals surface area contributed by atoms with Crippen molar-refractivity contribution in [3.05, 3.63) is 208 Å². The van der Waals surface area contributed by atoms with Gasteiger partial charge in [-0.1, -0.05) is 132 Å². The lowest BCUT2D eigenvalue weighted by atomic mass is 9.77. The predicted molar refractivity (Wildman–Crippen MR) is 227 cm³/mol. The Labute approximate surface area is 319 Å². The van der Waals surface area contributed by atoms with Crippen molar-refractivity contribution < 1.29 is 0 Å². The molecule has 0 aliphatic carbocycles. The van der Waals surface area contributed by atoms with E-state index in [0.29, 0.717) is 5.95 Å². The van der Waals surface area contributed by atoms with E-state index in [1.54, 1.807) is 0 Å². The van der Waals surface area contributed by atoms with Gasteiger partial charge in [-0.3, -0.25) is 4.90 Å².